The second kappa shape index (κ2) is 1.62. The van der Waals surface area contributed by atoms with Gasteiger partial charge in [-0.2, -0.15) is 0 Å². The third-order valence-electron chi connectivity index (χ3n) is 2.68. The summed E-state index contributed by atoms with van der Waals surface area (Å²) < 4.78 is 4.88. The molecule has 0 N–H and O–H groups in total. The van der Waals surface area contributed by atoms with Gasteiger partial charge in [0.15, 0.2) is 0 Å². The highest BCUT2D eigenvalue weighted by Crippen LogP contribution is 2.51. The van der Waals surface area contributed by atoms with Gasteiger partial charge in [-0.15, -0.1) is 0 Å². The summed E-state index contributed by atoms with van der Waals surface area (Å²) in [7, 11) is 0. The molecule has 1 aliphatic carbocycles. The molecule has 54 valence electrons. The smallest absolute Gasteiger partial charge is 0.316 e. The Morgan fingerprint density at radius 1 is 1.50 bits per heavy atom. The lowest BCUT2D eigenvalue weighted by atomic mass is 9.64. The molecule has 10 heavy (non-hydrogen) atoms. The van der Waals surface area contributed by atoms with Crippen molar-refractivity contribution in [3.8, 4) is 0 Å². The van der Waals surface area contributed by atoms with Crippen LogP contribution in [0.5, 0.6) is 0 Å². The average Bonchev–Trinajstić information content (AvgIpc) is 2.30. The Bertz CT molecular complexity index is 207. The van der Waals surface area contributed by atoms with E-state index in [0.29, 0.717) is 6.61 Å². The predicted octanol–water partition coefficient (Wildman–Crippen LogP) is 1.27. The normalized spacial score (nSPS) is 38.0. The molecule has 0 aromatic carbocycles. The molecule has 1 saturated carbocycles. The molecule has 1 heterocycles. The highest BCUT2D eigenvalue weighted by Gasteiger charge is 2.51. The molecule has 2 nitrogen and oxygen atoms in total. The first-order valence-corrected chi connectivity index (χ1v) is 3.61. The van der Waals surface area contributed by atoms with Gasteiger partial charge in [-0.25, -0.2) is 0 Å². The lowest BCUT2D eigenvalue weighted by molar-refractivity contribution is -0.146. The molecular formula is C8H10O2. The maximum Gasteiger partial charge on any atom is 0.316 e. The zero-order chi connectivity index (χ0) is 7.19. The van der Waals surface area contributed by atoms with Crippen molar-refractivity contribution in [2.75, 3.05) is 6.61 Å². The number of hydrogen-bond acceptors (Lipinski definition) is 2. The van der Waals surface area contributed by atoms with Crippen molar-refractivity contribution >= 4 is 5.97 Å². The zero-order valence-electron chi connectivity index (χ0n) is 5.85. The van der Waals surface area contributed by atoms with Crippen LogP contribution in [0.3, 0.4) is 0 Å². The van der Waals surface area contributed by atoms with Crippen LogP contribution in [0.4, 0.5) is 0 Å². The van der Waals surface area contributed by atoms with Crippen LogP contribution in [0.2, 0.25) is 0 Å². The zero-order valence-corrected chi connectivity index (χ0v) is 5.85. The Balaban J connectivity index is 2.29. The molecule has 0 aromatic heterocycles. The molecule has 0 bridgehead atoms. The summed E-state index contributed by atoms with van der Waals surface area (Å²) in [6.45, 7) is 4.44. The lowest BCUT2D eigenvalue weighted by Gasteiger charge is -2.36. The number of carbonyl (C=O) groups excluding carboxylic acids is 1. The summed E-state index contributed by atoms with van der Waals surface area (Å²) in [5.74, 6) is -0.0382. The summed E-state index contributed by atoms with van der Waals surface area (Å²) in [4.78, 5) is 11.1. The SMILES string of the molecule is C=C1CCC12CCOC2=O. The number of rotatable bonds is 0. The van der Waals surface area contributed by atoms with Crippen LogP contribution >= 0.6 is 0 Å². The predicted molar refractivity (Wildman–Crippen MR) is 36.4 cm³/mol. The lowest BCUT2D eigenvalue weighted by Crippen LogP contribution is -2.36. The summed E-state index contributed by atoms with van der Waals surface area (Å²) >= 11 is 0. The van der Waals surface area contributed by atoms with E-state index in [1.165, 1.54) is 0 Å². The van der Waals surface area contributed by atoms with E-state index in [9.17, 15) is 4.79 Å². The molecule has 2 rings (SSSR count). The van der Waals surface area contributed by atoms with Crippen molar-refractivity contribution < 1.29 is 9.53 Å². The maximum absolute atomic E-state index is 11.1. The molecule has 1 aliphatic heterocycles. The van der Waals surface area contributed by atoms with Gasteiger partial charge in [0.2, 0.25) is 0 Å². The first-order chi connectivity index (χ1) is 4.76. The minimum absolute atomic E-state index is 0.0382. The van der Waals surface area contributed by atoms with Gasteiger partial charge in [-0.05, 0) is 12.8 Å². The molecule has 2 fully saturated rings. The van der Waals surface area contributed by atoms with Crippen LogP contribution in [-0.2, 0) is 9.53 Å². The Morgan fingerprint density at radius 2 is 2.30 bits per heavy atom. The molecule has 0 amide bonds. The van der Waals surface area contributed by atoms with Crippen LogP contribution in [0, 0.1) is 5.41 Å². The molecular weight excluding hydrogens is 128 g/mol. The first-order valence-electron chi connectivity index (χ1n) is 3.61. The minimum Gasteiger partial charge on any atom is -0.465 e. The quantitative estimate of drug-likeness (QED) is 0.372. The van der Waals surface area contributed by atoms with Gasteiger partial charge in [-0.1, -0.05) is 12.2 Å². The summed E-state index contributed by atoms with van der Waals surface area (Å²) in [6.07, 6.45) is 2.84. The second-order valence-corrected chi connectivity index (χ2v) is 3.07. The Hall–Kier alpha value is -0.790. The van der Waals surface area contributed by atoms with E-state index in [2.05, 4.69) is 6.58 Å². The number of carbonyl (C=O) groups is 1. The molecule has 2 aliphatic rings. The van der Waals surface area contributed by atoms with Gasteiger partial charge < -0.3 is 4.74 Å². The monoisotopic (exact) mass is 138 g/mol. The summed E-state index contributed by atoms with van der Waals surface area (Å²) in [6, 6.07) is 0. The standard InChI is InChI=1S/C8H10O2/c1-6-2-3-8(6)4-5-10-7(8)9/h1-5H2. The van der Waals surface area contributed by atoms with E-state index in [4.69, 9.17) is 4.74 Å². The number of esters is 1. The third kappa shape index (κ3) is 0.474. The Morgan fingerprint density at radius 3 is 2.50 bits per heavy atom. The van der Waals surface area contributed by atoms with Crippen LogP contribution in [-0.4, -0.2) is 12.6 Å². The van der Waals surface area contributed by atoms with Gasteiger partial charge in [0, 0.05) is 6.42 Å². The average molecular weight is 138 g/mol. The van der Waals surface area contributed by atoms with Gasteiger partial charge in [0.25, 0.3) is 0 Å². The van der Waals surface area contributed by atoms with Gasteiger partial charge in [0.1, 0.15) is 0 Å². The molecule has 1 spiro atoms. The highest BCUT2D eigenvalue weighted by atomic mass is 16.5. The van der Waals surface area contributed by atoms with Crippen LogP contribution in [0.1, 0.15) is 19.3 Å². The van der Waals surface area contributed by atoms with E-state index >= 15 is 0 Å². The van der Waals surface area contributed by atoms with Crippen LogP contribution < -0.4 is 0 Å². The molecule has 1 atom stereocenters. The number of hydrogen-bond donors (Lipinski definition) is 0. The van der Waals surface area contributed by atoms with E-state index in [1.807, 2.05) is 0 Å². The van der Waals surface area contributed by atoms with Crippen molar-refractivity contribution in [2.24, 2.45) is 5.41 Å². The van der Waals surface area contributed by atoms with Gasteiger partial charge in [-0.3, -0.25) is 4.79 Å². The Kier molecular flexibility index (Phi) is 0.967. The van der Waals surface area contributed by atoms with Crippen molar-refractivity contribution in [2.45, 2.75) is 19.3 Å². The maximum atomic E-state index is 11.1. The molecule has 2 heteroatoms. The fourth-order valence-electron chi connectivity index (χ4n) is 1.71. The number of cyclic esters (lactones) is 1. The van der Waals surface area contributed by atoms with E-state index in [1.54, 1.807) is 0 Å². The summed E-state index contributed by atoms with van der Waals surface area (Å²) in [5, 5.41) is 0. The van der Waals surface area contributed by atoms with Gasteiger partial charge in [0.05, 0.1) is 12.0 Å². The van der Waals surface area contributed by atoms with Crippen molar-refractivity contribution in [3.05, 3.63) is 12.2 Å². The second-order valence-electron chi connectivity index (χ2n) is 3.07. The molecule has 1 saturated heterocycles. The van der Waals surface area contributed by atoms with E-state index in [-0.39, 0.29) is 11.4 Å². The van der Waals surface area contributed by atoms with Crippen LogP contribution in [0.25, 0.3) is 0 Å². The van der Waals surface area contributed by atoms with Crippen molar-refractivity contribution in [1.82, 2.24) is 0 Å². The van der Waals surface area contributed by atoms with Crippen LogP contribution in [0.15, 0.2) is 12.2 Å². The number of ether oxygens (including phenoxy) is 1. The molecule has 0 radical (unpaired) electrons. The molecule has 1 unspecified atom stereocenters. The first kappa shape index (κ1) is 5.96. The van der Waals surface area contributed by atoms with E-state index in [0.717, 1.165) is 24.8 Å². The topological polar surface area (TPSA) is 26.3 Å². The van der Waals surface area contributed by atoms with Crippen molar-refractivity contribution in [1.29, 1.82) is 0 Å². The highest BCUT2D eigenvalue weighted by molar-refractivity contribution is 5.84. The van der Waals surface area contributed by atoms with E-state index < -0.39 is 0 Å². The fourth-order valence-corrected chi connectivity index (χ4v) is 1.71. The molecule has 0 aromatic rings. The van der Waals surface area contributed by atoms with Gasteiger partial charge >= 0.3 is 5.97 Å². The fraction of sp³-hybridized carbons (Fsp3) is 0.625. The Labute approximate surface area is 59.9 Å². The third-order valence-corrected chi connectivity index (χ3v) is 2.68. The van der Waals surface area contributed by atoms with Crippen molar-refractivity contribution in [3.63, 3.8) is 0 Å². The minimum atomic E-state index is -0.222. The summed E-state index contributed by atoms with van der Waals surface area (Å²) in [5.41, 5.74) is 0.856. The largest absolute Gasteiger partial charge is 0.465 e.